The number of fused-ring (bicyclic) bond motifs is 2. The Hall–Kier alpha value is -3.89. The second kappa shape index (κ2) is 12.4. The largest absolute Gasteiger partial charge is 0.462 e. The SMILES string of the molecule is C#CC(=O)N1CCN(c2nc(OC[C@@H]3CCCN3C)nc3c2CN(C)C(c2cccc4cccc(Cl)c24)C3)C[C@@H]1CC#N. The van der Waals surface area contributed by atoms with Gasteiger partial charge in [0.2, 0.25) is 0 Å². The van der Waals surface area contributed by atoms with Gasteiger partial charge >= 0.3 is 6.01 Å². The maximum Gasteiger partial charge on any atom is 0.318 e. The third-order valence-electron chi connectivity index (χ3n) is 9.19. The molecule has 1 unspecified atom stereocenters. The molecule has 0 aliphatic carbocycles. The number of halogens is 1. The monoisotopic (exact) mass is 597 g/mol. The van der Waals surface area contributed by atoms with Crippen molar-refractivity contribution in [3.05, 3.63) is 58.2 Å². The summed E-state index contributed by atoms with van der Waals surface area (Å²) in [6.45, 7) is 3.65. The fourth-order valence-electron chi connectivity index (χ4n) is 6.84. The van der Waals surface area contributed by atoms with E-state index in [9.17, 15) is 10.1 Å². The first-order valence-corrected chi connectivity index (χ1v) is 15.2. The third-order valence-corrected chi connectivity index (χ3v) is 9.51. The molecule has 0 spiro atoms. The molecule has 1 amide bonds. The van der Waals surface area contributed by atoms with Crippen molar-refractivity contribution in [1.29, 1.82) is 5.26 Å². The smallest absolute Gasteiger partial charge is 0.318 e. The van der Waals surface area contributed by atoms with E-state index in [1.807, 2.05) is 12.1 Å². The summed E-state index contributed by atoms with van der Waals surface area (Å²) >= 11 is 6.74. The number of ether oxygens (including phenoxy) is 1. The summed E-state index contributed by atoms with van der Waals surface area (Å²) in [6.07, 6.45) is 8.55. The zero-order valence-electron chi connectivity index (χ0n) is 24.7. The first-order chi connectivity index (χ1) is 20.9. The lowest BCUT2D eigenvalue weighted by Gasteiger charge is -2.42. The van der Waals surface area contributed by atoms with Crippen LogP contribution >= 0.6 is 11.6 Å². The minimum atomic E-state index is -0.384. The van der Waals surface area contributed by atoms with Gasteiger partial charge in [0.15, 0.2) is 0 Å². The van der Waals surface area contributed by atoms with Crippen LogP contribution in [0, 0.1) is 23.7 Å². The van der Waals surface area contributed by atoms with E-state index in [4.69, 9.17) is 32.7 Å². The highest BCUT2D eigenvalue weighted by Gasteiger charge is 2.36. The molecule has 3 aliphatic heterocycles. The highest BCUT2D eigenvalue weighted by atomic mass is 35.5. The molecule has 0 saturated carbocycles. The topological polar surface area (TPSA) is 88.8 Å². The molecule has 3 aliphatic rings. The first kappa shape index (κ1) is 29.2. The Morgan fingerprint density at radius 3 is 2.67 bits per heavy atom. The van der Waals surface area contributed by atoms with Gasteiger partial charge in [0.1, 0.15) is 12.4 Å². The number of nitriles is 1. The number of likely N-dealkylation sites (tertiary alicyclic amines) is 1. The highest BCUT2D eigenvalue weighted by Crippen LogP contribution is 2.40. The number of nitrogens with zero attached hydrogens (tertiary/aromatic N) is 7. The van der Waals surface area contributed by atoms with Gasteiger partial charge in [-0.15, -0.1) is 6.42 Å². The summed E-state index contributed by atoms with van der Waals surface area (Å²) in [7, 11) is 4.25. The zero-order chi connectivity index (χ0) is 30.1. The van der Waals surface area contributed by atoms with Crippen LogP contribution in [0.4, 0.5) is 5.82 Å². The van der Waals surface area contributed by atoms with Crippen LogP contribution in [0.15, 0.2) is 36.4 Å². The number of carbonyl (C=O) groups excluding carboxylic acids is 1. The normalized spacial score (nSPS) is 22.7. The Kier molecular flexibility index (Phi) is 8.41. The number of piperazine rings is 1. The average Bonchev–Trinajstić information content (AvgIpc) is 3.43. The van der Waals surface area contributed by atoms with E-state index in [-0.39, 0.29) is 24.4 Å². The number of rotatable bonds is 6. The third kappa shape index (κ3) is 5.73. The minimum absolute atomic E-state index is 0.0594. The lowest BCUT2D eigenvalue weighted by Crippen LogP contribution is -2.55. The quantitative estimate of drug-likeness (QED) is 0.393. The van der Waals surface area contributed by atoms with Gasteiger partial charge in [0, 0.05) is 60.7 Å². The van der Waals surface area contributed by atoms with Crippen LogP contribution in [-0.4, -0.2) is 89.5 Å². The van der Waals surface area contributed by atoms with Crippen LogP contribution in [0.2, 0.25) is 5.02 Å². The van der Waals surface area contributed by atoms with Gasteiger partial charge in [-0.25, -0.2) is 0 Å². The fraction of sp³-hybridized carbons (Fsp3) is 0.455. The zero-order valence-corrected chi connectivity index (χ0v) is 25.4. The molecule has 0 bridgehead atoms. The van der Waals surface area contributed by atoms with Crippen molar-refractivity contribution >= 4 is 34.1 Å². The molecular formula is C33H36ClN7O2. The van der Waals surface area contributed by atoms with Crippen LogP contribution in [-0.2, 0) is 17.8 Å². The van der Waals surface area contributed by atoms with Crippen LogP contribution in [0.1, 0.15) is 42.1 Å². The molecule has 2 aromatic carbocycles. The number of aromatic nitrogens is 2. The fourth-order valence-corrected chi connectivity index (χ4v) is 7.13. The van der Waals surface area contributed by atoms with Crippen molar-refractivity contribution in [3.63, 3.8) is 0 Å². The minimum Gasteiger partial charge on any atom is -0.462 e. The number of hydrogen-bond acceptors (Lipinski definition) is 8. The highest BCUT2D eigenvalue weighted by molar-refractivity contribution is 6.35. The second-order valence-corrected chi connectivity index (χ2v) is 12.2. The van der Waals surface area contributed by atoms with Gasteiger partial charge in [-0.3, -0.25) is 9.69 Å². The van der Waals surface area contributed by atoms with Gasteiger partial charge in [0.25, 0.3) is 5.91 Å². The van der Waals surface area contributed by atoms with Crippen molar-refractivity contribution in [1.82, 2.24) is 24.7 Å². The predicted molar refractivity (Wildman–Crippen MR) is 167 cm³/mol. The van der Waals surface area contributed by atoms with Crippen LogP contribution in [0.3, 0.4) is 0 Å². The van der Waals surface area contributed by atoms with Gasteiger partial charge in [-0.05, 0) is 56.4 Å². The molecular weight excluding hydrogens is 562 g/mol. The number of terminal acetylenes is 1. The predicted octanol–water partition coefficient (Wildman–Crippen LogP) is 4.05. The summed E-state index contributed by atoms with van der Waals surface area (Å²) < 4.78 is 6.30. The summed E-state index contributed by atoms with van der Waals surface area (Å²) in [6, 6.07) is 15.0. The average molecular weight is 598 g/mol. The molecule has 2 fully saturated rings. The summed E-state index contributed by atoms with van der Waals surface area (Å²) in [5.41, 5.74) is 3.16. The number of anilines is 1. The number of amides is 1. The molecule has 9 nitrogen and oxygen atoms in total. The van der Waals surface area contributed by atoms with Crippen LogP contribution in [0.25, 0.3) is 10.8 Å². The molecule has 3 aromatic rings. The maximum atomic E-state index is 12.4. The van der Waals surface area contributed by atoms with Crippen molar-refractivity contribution in [3.8, 4) is 24.4 Å². The molecule has 4 heterocycles. The standard InChI is InChI=1S/C33H36ClN7O2/c1-4-30(42)41-17-16-40(19-23(41)13-14-35)32-26-20-39(3)29(25-11-5-8-22-9-6-12-27(34)31(22)25)18-28(26)36-33(37-32)43-21-24-10-7-15-38(24)2/h1,5-6,8-9,11-12,23-24,29H,7,10,13,15-21H2,2-3H3/t23-,24-,29?/m0/s1. The number of hydrogen-bond donors (Lipinski definition) is 0. The van der Waals surface area contributed by atoms with Gasteiger partial charge in [-0.1, -0.05) is 41.9 Å². The van der Waals surface area contributed by atoms with E-state index >= 15 is 0 Å². The van der Waals surface area contributed by atoms with Crippen molar-refractivity contribution in [2.45, 2.75) is 50.4 Å². The Bertz CT molecular complexity index is 1610. The lowest BCUT2D eigenvalue weighted by molar-refractivity contribution is -0.127. The molecule has 6 rings (SSSR count). The Morgan fingerprint density at radius 2 is 1.93 bits per heavy atom. The van der Waals surface area contributed by atoms with Crippen molar-refractivity contribution < 1.29 is 9.53 Å². The summed E-state index contributed by atoms with van der Waals surface area (Å²) in [5.74, 6) is 2.64. The summed E-state index contributed by atoms with van der Waals surface area (Å²) in [5, 5.41) is 12.4. The molecule has 0 radical (unpaired) electrons. The maximum absolute atomic E-state index is 12.4. The Balaban J connectivity index is 1.37. The molecule has 3 atom stereocenters. The van der Waals surface area contributed by atoms with E-state index < -0.39 is 0 Å². The molecule has 0 N–H and O–H groups in total. The van der Waals surface area contributed by atoms with E-state index in [0.717, 1.165) is 52.3 Å². The Morgan fingerprint density at radius 1 is 1.12 bits per heavy atom. The summed E-state index contributed by atoms with van der Waals surface area (Å²) in [4.78, 5) is 30.9. The molecule has 43 heavy (non-hydrogen) atoms. The molecule has 10 heteroatoms. The van der Waals surface area contributed by atoms with Crippen molar-refractivity contribution in [2.75, 3.05) is 51.8 Å². The number of benzene rings is 2. The van der Waals surface area contributed by atoms with E-state index in [1.165, 1.54) is 5.56 Å². The molecule has 2 saturated heterocycles. The number of carbonyl (C=O) groups is 1. The number of likely N-dealkylation sites (N-methyl/N-ethyl adjacent to an activating group) is 2. The molecule has 1 aromatic heterocycles. The second-order valence-electron chi connectivity index (χ2n) is 11.8. The molecule has 222 valence electrons. The van der Waals surface area contributed by atoms with Crippen molar-refractivity contribution in [2.24, 2.45) is 0 Å². The van der Waals surface area contributed by atoms with Gasteiger partial charge in [0.05, 0.1) is 24.2 Å². The first-order valence-electron chi connectivity index (χ1n) is 14.9. The van der Waals surface area contributed by atoms with Gasteiger partial charge < -0.3 is 19.4 Å². The van der Waals surface area contributed by atoms with E-state index in [1.54, 1.807) is 4.90 Å². The van der Waals surface area contributed by atoms with Crippen LogP contribution < -0.4 is 9.64 Å². The lowest BCUT2D eigenvalue weighted by atomic mass is 9.90. The van der Waals surface area contributed by atoms with E-state index in [0.29, 0.717) is 51.3 Å². The van der Waals surface area contributed by atoms with E-state index in [2.05, 4.69) is 65.1 Å². The Labute approximate surface area is 258 Å². The van der Waals surface area contributed by atoms with Gasteiger partial charge in [-0.2, -0.15) is 15.2 Å². The van der Waals surface area contributed by atoms with Crippen LogP contribution in [0.5, 0.6) is 6.01 Å².